The van der Waals surface area contributed by atoms with E-state index in [1.165, 1.54) is 23.1 Å². The Morgan fingerprint density at radius 1 is 1.19 bits per heavy atom. The zero-order valence-electron chi connectivity index (χ0n) is 19.9. The molecule has 0 bridgehead atoms. The molecule has 0 spiro atoms. The molecule has 3 N–H and O–H groups in total. The zero-order chi connectivity index (χ0) is 26.0. The minimum absolute atomic E-state index is 0.0537. The fourth-order valence-electron chi connectivity index (χ4n) is 4.53. The van der Waals surface area contributed by atoms with E-state index in [1.807, 2.05) is 60.7 Å². The number of benzene rings is 2. The van der Waals surface area contributed by atoms with Gasteiger partial charge in [0.05, 0.1) is 12.1 Å². The smallest absolute Gasteiger partial charge is 0.319 e. The molecule has 2 aliphatic rings. The van der Waals surface area contributed by atoms with Gasteiger partial charge in [-0.3, -0.25) is 14.4 Å². The lowest BCUT2D eigenvalue weighted by Gasteiger charge is -2.53. The van der Waals surface area contributed by atoms with Crippen LogP contribution in [0.1, 0.15) is 22.9 Å². The van der Waals surface area contributed by atoms with Crippen LogP contribution in [0.4, 0.5) is 5.13 Å². The first-order valence-corrected chi connectivity index (χ1v) is 13.7. The SMILES string of the molecule is C=CC1(C(=O)OC(c2ccccc2)c2ccccc2)CS[C@@H]2C(NC(=O)Cc3csc(N)n3)C(=O)N2C1. The van der Waals surface area contributed by atoms with E-state index in [-0.39, 0.29) is 30.2 Å². The first-order valence-electron chi connectivity index (χ1n) is 11.8. The Hall–Kier alpha value is -3.63. The number of ether oxygens (including phenoxy) is 1. The van der Waals surface area contributed by atoms with Crippen LogP contribution < -0.4 is 11.1 Å². The summed E-state index contributed by atoms with van der Waals surface area (Å²) in [6.45, 7) is 4.07. The number of β-lactam (4-membered cyclic amide) rings is 1. The van der Waals surface area contributed by atoms with Gasteiger partial charge in [-0.2, -0.15) is 0 Å². The number of nitrogens with zero attached hydrogens (tertiary/aromatic N) is 2. The van der Waals surface area contributed by atoms with E-state index in [4.69, 9.17) is 10.5 Å². The maximum Gasteiger partial charge on any atom is 0.319 e. The molecule has 0 radical (unpaired) electrons. The van der Waals surface area contributed by atoms with Crippen molar-refractivity contribution in [3.63, 3.8) is 0 Å². The van der Waals surface area contributed by atoms with E-state index in [1.54, 1.807) is 16.4 Å². The highest BCUT2D eigenvalue weighted by Crippen LogP contribution is 2.44. The molecular weight excluding hydrogens is 508 g/mol. The lowest BCUT2D eigenvalue weighted by Crippen LogP contribution is -2.73. The summed E-state index contributed by atoms with van der Waals surface area (Å²) < 4.78 is 6.11. The third-order valence-electron chi connectivity index (χ3n) is 6.56. The van der Waals surface area contributed by atoms with E-state index in [2.05, 4.69) is 16.9 Å². The number of fused-ring (bicyclic) bond motifs is 1. The quantitative estimate of drug-likeness (QED) is 0.259. The van der Waals surface area contributed by atoms with Crippen molar-refractivity contribution in [2.45, 2.75) is 23.9 Å². The summed E-state index contributed by atoms with van der Waals surface area (Å²) >= 11 is 2.70. The average molecular weight is 535 g/mol. The second-order valence-electron chi connectivity index (χ2n) is 9.03. The van der Waals surface area contributed by atoms with E-state index in [0.29, 0.717) is 16.6 Å². The number of esters is 1. The maximum atomic E-state index is 13.6. The highest BCUT2D eigenvalue weighted by atomic mass is 32.2. The van der Waals surface area contributed by atoms with Crippen LogP contribution in [-0.2, 0) is 25.5 Å². The molecule has 2 aromatic carbocycles. The molecule has 2 fully saturated rings. The van der Waals surface area contributed by atoms with Gasteiger partial charge in [0.1, 0.15) is 16.8 Å². The topological polar surface area (TPSA) is 115 Å². The highest BCUT2D eigenvalue weighted by Gasteiger charge is 2.57. The van der Waals surface area contributed by atoms with E-state index < -0.39 is 23.5 Å². The number of hydrogen-bond donors (Lipinski definition) is 2. The molecule has 0 saturated carbocycles. The molecule has 190 valence electrons. The number of thioether (sulfide) groups is 1. The van der Waals surface area contributed by atoms with Crippen molar-refractivity contribution in [3.8, 4) is 0 Å². The summed E-state index contributed by atoms with van der Waals surface area (Å²) in [4.78, 5) is 44.8. The Balaban J connectivity index is 1.27. The summed E-state index contributed by atoms with van der Waals surface area (Å²) in [6, 6.07) is 18.5. The Bertz CT molecular complexity index is 1280. The Morgan fingerprint density at radius 2 is 1.84 bits per heavy atom. The van der Waals surface area contributed by atoms with E-state index >= 15 is 0 Å². The van der Waals surface area contributed by atoms with Gasteiger partial charge in [-0.25, -0.2) is 4.98 Å². The van der Waals surface area contributed by atoms with Crippen LogP contribution in [0.15, 0.2) is 78.7 Å². The van der Waals surface area contributed by atoms with Crippen molar-refractivity contribution in [2.75, 3.05) is 18.0 Å². The van der Waals surface area contributed by atoms with Crippen LogP contribution in [0, 0.1) is 5.41 Å². The van der Waals surface area contributed by atoms with Gasteiger partial charge in [0, 0.05) is 17.7 Å². The van der Waals surface area contributed by atoms with Crippen molar-refractivity contribution in [1.82, 2.24) is 15.2 Å². The number of nitrogens with one attached hydrogen (secondary N) is 1. The monoisotopic (exact) mass is 534 g/mol. The number of hydrogen-bond acceptors (Lipinski definition) is 8. The van der Waals surface area contributed by atoms with Crippen LogP contribution >= 0.6 is 23.1 Å². The van der Waals surface area contributed by atoms with Gasteiger partial charge in [0.15, 0.2) is 11.2 Å². The third-order valence-corrected chi connectivity index (χ3v) is 8.83. The van der Waals surface area contributed by atoms with Gasteiger partial charge in [0.2, 0.25) is 11.8 Å². The van der Waals surface area contributed by atoms with E-state index in [0.717, 1.165) is 11.1 Å². The van der Waals surface area contributed by atoms with Gasteiger partial charge >= 0.3 is 5.97 Å². The number of anilines is 1. The number of carbonyl (C=O) groups excluding carboxylic acids is 3. The molecule has 1 aromatic heterocycles. The van der Waals surface area contributed by atoms with E-state index in [9.17, 15) is 14.4 Å². The molecule has 37 heavy (non-hydrogen) atoms. The third kappa shape index (κ3) is 4.99. The largest absolute Gasteiger partial charge is 0.452 e. The highest BCUT2D eigenvalue weighted by molar-refractivity contribution is 8.00. The van der Waals surface area contributed by atoms with Gasteiger partial charge in [-0.15, -0.1) is 29.7 Å². The fraction of sp³-hybridized carbons (Fsp3) is 0.259. The summed E-state index contributed by atoms with van der Waals surface area (Å²) in [7, 11) is 0. The van der Waals surface area contributed by atoms with Crippen LogP contribution in [0.5, 0.6) is 0 Å². The molecule has 2 unspecified atom stereocenters. The number of carbonyl (C=O) groups is 3. The maximum absolute atomic E-state index is 13.6. The number of nitrogen functional groups attached to an aromatic ring is 1. The molecule has 5 rings (SSSR count). The second-order valence-corrected chi connectivity index (χ2v) is 11.0. The number of thiazole rings is 1. The summed E-state index contributed by atoms with van der Waals surface area (Å²) in [5.41, 5.74) is 6.84. The van der Waals surface area contributed by atoms with Crippen LogP contribution in [0.2, 0.25) is 0 Å². The molecule has 2 saturated heterocycles. The standard InChI is InChI=1S/C27H26N4O4S2/c1-2-27(25(34)35-22(17-9-5-3-6-10-17)18-11-7-4-8-12-18)15-31-23(33)21(24(31)37-16-27)30-20(32)13-19-14-36-26(28)29-19/h2-12,14,21-22,24H,1,13,15-16H2,(H2,28,29)(H,30,32)/t21?,24-,27?/m1/s1. The second kappa shape index (κ2) is 10.4. The van der Waals surface area contributed by atoms with Crippen molar-refractivity contribution in [3.05, 3.63) is 95.5 Å². The predicted octanol–water partition coefficient (Wildman–Crippen LogP) is 3.17. The average Bonchev–Trinajstić information content (AvgIpc) is 3.34. The Labute approximate surface area is 222 Å². The number of amides is 2. The minimum atomic E-state index is -1.06. The summed E-state index contributed by atoms with van der Waals surface area (Å²) in [6.07, 6.45) is 1.04. The fourth-order valence-corrected chi connectivity index (χ4v) is 6.62. The molecule has 8 nitrogen and oxygen atoms in total. The van der Waals surface area contributed by atoms with Gasteiger partial charge in [0.25, 0.3) is 0 Å². The number of aromatic nitrogens is 1. The molecule has 10 heteroatoms. The first-order chi connectivity index (χ1) is 17.9. The van der Waals surface area contributed by atoms with Crippen molar-refractivity contribution in [2.24, 2.45) is 5.41 Å². The van der Waals surface area contributed by atoms with Gasteiger partial charge in [-0.1, -0.05) is 66.7 Å². The van der Waals surface area contributed by atoms with Crippen molar-refractivity contribution < 1.29 is 19.1 Å². The predicted molar refractivity (Wildman–Crippen MR) is 144 cm³/mol. The lowest BCUT2D eigenvalue weighted by molar-refractivity contribution is -0.162. The van der Waals surface area contributed by atoms with Crippen LogP contribution in [0.25, 0.3) is 0 Å². The Morgan fingerprint density at radius 3 is 2.41 bits per heavy atom. The lowest BCUT2D eigenvalue weighted by atomic mass is 9.87. The molecule has 3 atom stereocenters. The minimum Gasteiger partial charge on any atom is -0.452 e. The van der Waals surface area contributed by atoms with Crippen LogP contribution in [0.3, 0.4) is 0 Å². The first kappa shape index (κ1) is 25.0. The molecule has 2 aliphatic heterocycles. The number of rotatable bonds is 8. The zero-order valence-corrected chi connectivity index (χ0v) is 21.5. The number of nitrogens with two attached hydrogens (primary N) is 1. The van der Waals surface area contributed by atoms with Crippen molar-refractivity contribution >= 4 is 46.0 Å². The van der Waals surface area contributed by atoms with Gasteiger partial charge < -0.3 is 20.7 Å². The Kier molecular flexibility index (Phi) is 7.03. The van der Waals surface area contributed by atoms with Crippen molar-refractivity contribution in [1.29, 1.82) is 0 Å². The van der Waals surface area contributed by atoms with Gasteiger partial charge in [-0.05, 0) is 11.1 Å². The van der Waals surface area contributed by atoms with Crippen LogP contribution in [-0.4, -0.2) is 51.4 Å². The summed E-state index contributed by atoms with van der Waals surface area (Å²) in [5, 5.41) is 4.67. The normalized spacial score (nSPS) is 22.6. The molecule has 3 aromatic rings. The molecule has 0 aliphatic carbocycles. The summed E-state index contributed by atoms with van der Waals surface area (Å²) in [5.74, 6) is -0.579. The molecule has 3 heterocycles. The molecular formula is C27H26N4O4S2. The molecule has 2 amide bonds.